The van der Waals surface area contributed by atoms with Gasteiger partial charge in [-0.1, -0.05) is 0 Å². The first-order valence-electron chi connectivity index (χ1n) is 8.36. The second-order valence-corrected chi connectivity index (χ2v) is 6.15. The fraction of sp³-hybridized carbons (Fsp3) is 0.529. The number of carbonyl (C=O) groups is 3. The summed E-state index contributed by atoms with van der Waals surface area (Å²) in [6.07, 6.45) is 3.87. The SMILES string of the molecule is CC(=O)c1ccc(N2CCC(CCNC(=O)OCC(N)=O)CC2)nc1. The van der Waals surface area contributed by atoms with Crippen molar-refractivity contribution in [2.75, 3.05) is 31.1 Å². The van der Waals surface area contributed by atoms with Crippen molar-refractivity contribution in [1.82, 2.24) is 10.3 Å². The highest BCUT2D eigenvalue weighted by Gasteiger charge is 2.20. The summed E-state index contributed by atoms with van der Waals surface area (Å²) in [7, 11) is 0. The maximum Gasteiger partial charge on any atom is 0.407 e. The predicted octanol–water partition coefficient (Wildman–Crippen LogP) is 1.10. The molecule has 1 aromatic rings. The van der Waals surface area contributed by atoms with Gasteiger partial charge in [0.2, 0.25) is 0 Å². The number of anilines is 1. The van der Waals surface area contributed by atoms with E-state index >= 15 is 0 Å². The van der Waals surface area contributed by atoms with Crippen molar-refractivity contribution in [2.24, 2.45) is 11.7 Å². The summed E-state index contributed by atoms with van der Waals surface area (Å²) < 4.78 is 4.63. The Labute approximate surface area is 146 Å². The van der Waals surface area contributed by atoms with Crippen molar-refractivity contribution in [3.63, 3.8) is 0 Å². The van der Waals surface area contributed by atoms with Gasteiger partial charge < -0.3 is 20.7 Å². The minimum Gasteiger partial charge on any atom is -0.439 e. The zero-order valence-electron chi connectivity index (χ0n) is 14.4. The Hall–Kier alpha value is -2.64. The highest BCUT2D eigenvalue weighted by atomic mass is 16.6. The molecule has 0 saturated carbocycles. The molecule has 25 heavy (non-hydrogen) atoms. The van der Waals surface area contributed by atoms with E-state index in [1.54, 1.807) is 12.3 Å². The largest absolute Gasteiger partial charge is 0.439 e. The molecular formula is C17H24N4O4. The molecule has 2 heterocycles. The van der Waals surface area contributed by atoms with E-state index in [0.29, 0.717) is 18.0 Å². The third-order valence-electron chi connectivity index (χ3n) is 4.26. The van der Waals surface area contributed by atoms with Gasteiger partial charge in [-0.3, -0.25) is 9.59 Å². The second kappa shape index (κ2) is 9.00. The highest BCUT2D eigenvalue weighted by molar-refractivity contribution is 5.93. The van der Waals surface area contributed by atoms with Crippen LogP contribution in [0.3, 0.4) is 0 Å². The molecule has 0 unspecified atom stereocenters. The third-order valence-corrected chi connectivity index (χ3v) is 4.26. The number of nitrogens with one attached hydrogen (secondary N) is 1. The Morgan fingerprint density at radius 2 is 2.04 bits per heavy atom. The smallest absolute Gasteiger partial charge is 0.407 e. The van der Waals surface area contributed by atoms with Crippen molar-refractivity contribution < 1.29 is 19.1 Å². The van der Waals surface area contributed by atoms with Crippen molar-refractivity contribution in [3.8, 4) is 0 Å². The lowest BCUT2D eigenvalue weighted by Crippen LogP contribution is -2.36. The fourth-order valence-electron chi connectivity index (χ4n) is 2.80. The van der Waals surface area contributed by atoms with E-state index in [4.69, 9.17) is 5.73 Å². The number of ketones is 1. The monoisotopic (exact) mass is 348 g/mol. The molecule has 2 rings (SSSR count). The number of primary amides is 1. The van der Waals surface area contributed by atoms with Gasteiger partial charge in [0.25, 0.3) is 5.91 Å². The average Bonchev–Trinajstić information content (AvgIpc) is 2.60. The summed E-state index contributed by atoms with van der Waals surface area (Å²) >= 11 is 0. The summed E-state index contributed by atoms with van der Waals surface area (Å²) in [6.45, 7) is 3.42. The number of amides is 2. The van der Waals surface area contributed by atoms with Crippen LogP contribution in [0.25, 0.3) is 0 Å². The van der Waals surface area contributed by atoms with Gasteiger partial charge in [-0.2, -0.15) is 0 Å². The standard InChI is InChI=1S/C17H24N4O4/c1-12(22)14-2-3-16(20-10-14)21-8-5-13(6-9-21)4-7-19-17(24)25-11-15(18)23/h2-3,10,13H,4-9,11H2,1H3,(H2,18,23)(H,19,24). The number of piperidine rings is 1. The van der Waals surface area contributed by atoms with Gasteiger partial charge in [-0.25, -0.2) is 9.78 Å². The number of nitrogens with two attached hydrogens (primary N) is 1. The third kappa shape index (κ3) is 6.06. The molecule has 8 nitrogen and oxygen atoms in total. The molecule has 1 fully saturated rings. The number of pyridine rings is 1. The van der Waals surface area contributed by atoms with Gasteiger partial charge in [0, 0.05) is 31.4 Å². The van der Waals surface area contributed by atoms with Crippen LogP contribution in [0.5, 0.6) is 0 Å². The molecule has 3 N–H and O–H groups in total. The maximum atomic E-state index is 11.3. The van der Waals surface area contributed by atoms with Crippen LogP contribution >= 0.6 is 0 Å². The van der Waals surface area contributed by atoms with Crippen LogP contribution in [-0.4, -0.2) is 49.0 Å². The molecule has 136 valence electrons. The topological polar surface area (TPSA) is 115 Å². The lowest BCUT2D eigenvalue weighted by atomic mass is 9.93. The van der Waals surface area contributed by atoms with Crippen LogP contribution in [0.2, 0.25) is 0 Å². The van der Waals surface area contributed by atoms with E-state index in [1.807, 2.05) is 6.07 Å². The minimum absolute atomic E-state index is 0.0135. The molecule has 0 bridgehead atoms. The Balaban J connectivity index is 1.68. The van der Waals surface area contributed by atoms with Crippen LogP contribution in [0.15, 0.2) is 18.3 Å². The molecule has 0 atom stereocenters. The maximum absolute atomic E-state index is 11.3. The molecule has 0 aliphatic carbocycles. The van der Waals surface area contributed by atoms with Crippen LogP contribution in [0.4, 0.5) is 10.6 Å². The van der Waals surface area contributed by atoms with Crippen molar-refractivity contribution in [3.05, 3.63) is 23.9 Å². The molecule has 1 saturated heterocycles. The first-order chi connectivity index (χ1) is 12.0. The van der Waals surface area contributed by atoms with Gasteiger partial charge in [0.1, 0.15) is 5.82 Å². The number of alkyl carbamates (subject to hydrolysis) is 1. The summed E-state index contributed by atoms with van der Waals surface area (Å²) in [5.41, 5.74) is 5.52. The Morgan fingerprint density at radius 1 is 1.32 bits per heavy atom. The number of aromatic nitrogens is 1. The molecular weight excluding hydrogens is 324 g/mol. The number of hydrogen-bond donors (Lipinski definition) is 2. The second-order valence-electron chi connectivity index (χ2n) is 6.15. The zero-order chi connectivity index (χ0) is 18.2. The van der Waals surface area contributed by atoms with Gasteiger partial charge >= 0.3 is 6.09 Å². The molecule has 0 radical (unpaired) electrons. The van der Waals surface area contributed by atoms with E-state index in [0.717, 1.165) is 38.2 Å². The Bertz CT molecular complexity index is 610. The molecule has 8 heteroatoms. The Morgan fingerprint density at radius 3 is 2.60 bits per heavy atom. The highest BCUT2D eigenvalue weighted by Crippen LogP contribution is 2.23. The van der Waals surface area contributed by atoms with Crippen molar-refractivity contribution >= 4 is 23.6 Å². The van der Waals surface area contributed by atoms with Crippen LogP contribution in [0, 0.1) is 5.92 Å². The average molecular weight is 348 g/mol. The molecule has 1 aliphatic heterocycles. The zero-order valence-corrected chi connectivity index (χ0v) is 14.4. The Kier molecular flexibility index (Phi) is 6.73. The summed E-state index contributed by atoms with van der Waals surface area (Å²) in [6, 6.07) is 3.69. The van der Waals surface area contributed by atoms with Gasteiger partial charge in [0.05, 0.1) is 0 Å². The number of rotatable bonds is 7. The molecule has 0 aromatic carbocycles. The quantitative estimate of drug-likeness (QED) is 0.713. The van der Waals surface area contributed by atoms with E-state index in [2.05, 4.69) is 19.9 Å². The van der Waals surface area contributed by atoms with Crippen LogP contribution in [0.1, 0.15) is 36.5 Å². The molecule has 1 aromatic heterocycles. The van der Waals surface area contributed by atoms with Gasteiger partial charge in [-0.15, -0.1) is 0 Å². The van der Waals surface area contributed by atoms with Crippen molar-refractivity contribution in [1.29, 1.82) is 0 Å². The molecule has 0 spiro atoms. The van der Waals surface area contributed by atoms with E-state index in [1.165, 1.54) is 6.92 Å². The van der Waals surface area contributed by atoms with E-state index in [9.17, 15) is 14.4 Å². The lowest BCUT2D eigenvalue weighted by Gasteiger charge is -2.32. The summed E-state index contributed by atoms with van der Waals surface area (Å²) in [4.78, 5) is 39.7. The first-order valence-corrected chi connectivity index (χ1v) is 8.36. The number of carbonyl (C=O) groups excluding carboxylic acids is 3. The fourth-order valence-corrected chi connectivity index (χ4v) is 2.80. The summed E-state index contributed by atoms with van der Waals surface area (Å²) in [5.74, 6) is 0.743. The molecule has 2 amide bonds. The van der Waals surface area contributed by atoms with Crippen LogP contribution < -0.4 is 16.0 Å². The van der Waals surface area contributed by atoms with Gasteiger partial charge in [-0.05, 0) is 44.2 Å². The number of hydrogen-bond acceptors (Lipinski definition) is 6. The molecule has 1 aliphatic rings. The number of ether oxygens (including phenoxy) is 1. The number of nitrogens with zero attached hydrogens (tertiary/aromatic N) is 2. The van der Waals surface area contributed by atoms with Gasteiger partial charge in [0.15, 0.2) is 12.4 Å². The normalized spacial score (nSPS) is 14.8. The van der Waals surface area contributed by atoms with E-state index < -0.39 is 18.6 Å². The minimum atomic E-state index is -0.674. The first kappa shape index (κ1) is 18.7. The number of Topliss-reactive ketones (excluding diaryl/α,β-unsaturated/α-hetero) is 1. The van der Waals surface area contributed by atoms with Crippen molar-refractivity contribution in [2.45, 2.75) is 26.2 Å². The van der Waals surface area contributed by atoms with E-state index in [-0.39, 0.29) is 5.78 Å². The lowest BCUT2D eigenvalue weighted by molar-refractivity contribution is -0.120. The van der Waals surface area contributed by atoms with Crippen LogP contribution in [-0.2, 0) is 9.53 Å². The summed E-state index contributed by atoms with van der Waals surface area (Å²) in [5, 5.41) is 2.62. The predicted molar refractivity (Wildman–Crippen MR) is 92.3 cm³/mol.